The van der Waals surface area contributed by atoms with Gasteiger partial charge in [-0.2, -0.15) is 0 Å². The zero-order valence-corrected chi connectivity index (χ0v) is 26.6. The number of aromatic nitrogens is 3. The Bertz CT molecular complexity index is 2210. The van der Waals surface area contributed by atoms with Crippen LogP contribution in [0.2, 0.25) is 0 Å². The Balaban J connectivity index is 1.02. The molecule has 2 atom stereocenters. The molecule has 0 saturated heterocycles. The number of hydrogen-bond acceptors (Lipinski definition) is 9. The lowest BCUT2D eigenvalue weighted by atomic mass is 9.85. The van der Waals surface area contributed by atoms with E-state index in [4.69, 9.17) is 0 Å². The molecule has 50 heavy (non-hydrogen) atoms. The van der Waals surface area contributed by atoms with Gasteiger partial charge in [-0.1, -0.05) is 66.7 Å². The second-order valence-electron chi connectivity index (χ2n) is 11.7. The number of phenols is 1. The number of carbonyl (C=O) groups is 2. The van der Waals surface area contributed by atoms with Crippen LogP contribution in [0, 0.1) is 0 Å². The van der Waals surface area contributed by atoms with Gasteiger partial charge in [-0.3, -0.25) is 9.59 Å². The fraction of sp³-hybridized carbons (Fsp3) is 0.132. The lowest BCUT2D eigenvalue weighted by Crippen LogP contribution is -2.36. The number of phenolic OH excluding ortho intramolecular Hbond substituents is 1. The molecule has 6 aromatic rings. The molecule has 252 valence electrons. The van der Waals surface area contributed by atoms with E-state index in [1.807, 2.05) is 0 Å². The van der Waals surface area contributed by atoms with E-state index in [2.05, 4.69) is 25.6 Å². The first-order chi connectivity index (χ1) is 24.1. The average molecular weight is 672 g/mol. The minimum atomic E-state index is -2.24. The molecule has 0 unspecified atom stereocenters. The van der Waals surface area contributed by atoms with Crippen molar-refractivity contribution in [1.29, 1.82) is 0 Å². The fourth-order valence-electron chi connectivity index (χ4n) is 5.66. The van der Waals surface area contributed by atoms with E-state index < -0.39 is 17.7 Å². The summed E-state index contributed by atoms with van der Waals surface area (Å²) in [4.78, 5) is 47.9. The van der Waals surface area contributed by atoms with E-state index >= 15 is 0 Å². The number of aromatic hydroxyl groups is 1. The maximum atomic E-state index is 12.8. The van der Waals surface area contributed by atoms with Gasteiger partial charge in [0.05, 0.1) is 18.2 Å². The van der Waals surface area contributed by atoms with Crippen LogP contribution in [0.3, 0.4) is 0 Å². The first kappa shape index (κ1) is 33.7. The van der Waals surface area contributed by atoms with E-state index in [1.54, 1.807) is 103 Å². The van der Waals surface area contributed by atoms with Crippen LogP contribution in [-0.4, -0.2) is 53.8 Å². The Hall–Kier alpha value is -6.21. The van der Waals surface area contributed by atoms with E-state index in [1.165, 1.54) is 12.1 Å². The number of rotatable bonds is 12. The topological polar surface area (TPSA) is 198 Å². The zero-order valence-electron chi connectivity index (χ0n) is 26.6. The van der Waals surface area contributed by atoms with Gasteiger partial charge in [-0.25, -0.2) is 14.8 Å². The number of benzene rings is 4. The van der Waals surface area contributed by atoms with Crippen LogP contribution in [0.5, 0.6) is 5.75 Å². The van der Waals surface area contributed by atoms with Crippen molar-refractivity contribution in [3.8, 4) is 16.9 Å². The number of carboxylic acid groups (broad SMARTS) is 1. The number of pyridine rings is 1. The molecule has 0 saturated carbocycles. The van der Waals surface area contributed by atoms with Crippen molar-refractivity contribution >= 4 is 22.8 Å². The Labute approximate surface area is 285 Å². The molecule has 0 aliphatic heterocycles. The van der Waals surface area contributed by atoms with Crippen LogP contribution in [0.1, 0.15) is 44.5 Å². The number of carboxylic acids is 1. The largest absolute Gasteiger partial charge is 0.506 e. The molecule has 12 nitrogen and oxygen atoms in total. The summed E-state index contributed by atoms with van der Waals surface area (Å²) in [5, 5.41) is 48.5. The van der Waals surface area contributed by atoms with Gasteiger partial charge in [-0.15, -0.1) is 0 Å². The summed E-state index contributed by atoms with van der Waals surface area (Å²) in [6.07, 6.45) is 2.24. The number of nitrogens with one attached hydrogen (secondary N) is 3. The van der Waals surface area contributed by atoms with Crippen LogP contribution in [0.25, 0.3) is 22.0 Å². The molecular formula is C38H33N5O7. The second-order valence-corrected chi connectivity index (χ2v) is 11.7. The van der Waals surface area contributed by atoms with Gasteiger partial charge in [0.15, 0.2) is 0 Å². The van der Waals surface area contributed by atoms with Crippen molar-refractivity contribution in [1.82, 2.24) is 25.6 Å². The summed E-state index contributed by atoms with van der Waals surface area (Å²) in [7, 11) is 0. The van der Waals surface area contributed by atoms with Crippen molar-refractivity contribution in [2.24, 2.45) is 0 Å². The third-order valence-electron chi connectivity index (χ3n) is 8.38. The number of aliphatic carboxylic acids is 1. The van der Waals surface area contributed by atoms with Gasteiger partial charge in [-0.05, 0) is 52.6 Å². The molecule has 0 spiro atoms. The van der Waals surface area contributed by atoms with Gasteiger partial charge < -0.3 is 36.0 Å². The smallest absolute Gasteiger partial charge is 0.345 e. The van der Waals surface area contributed by atoms with Gasteiger partial charge in [0.1, 0.15) is 11.6 Å². The van der Waals surface area contributed by atoms with Crippen molar-refractivity contribution in [2.45, 2.75) is 24.8 Å². The summed E-state index contributed by atoms with van der Waals surface area (Å²) >= 11 is 0. The summed E-state index contributed by atoms with van der Waals surface area (Å²) in [5.41, 5.74) is 1.21. The Morgan fingerprint density at radius 3 is 2.26 bits per heavy atom. The molecular weight excluding hydrogens is 638 g/mol. The molecule has 7 N–H and O–H groups in total. The van der Waals surface area contributed by atoms with E-state index in [0.717, 1.165) is 5.56 Å². The molecule has 0 aliphatic carbocycles. The number of aliphatic hydroxyl groups is 2. The molecule has 2 aromatic heterocycles. The van der Waals surface area contributed by atoms with Crippen molar-refractivity contribution < 1.29 is 30.0 Å². The third-order valence-corrected chi connectivity index (χ3v) is 8.38. The van der Waals surface area contributed by atoms with Crippen LogP contribution >= 0.6 is 0 Å². The number of fused-ring (bicyclic) bond motifs is 1. The molecule has 12 heteroatoms. The summed E-state index contributed by atoms with van der Waals surface area (Å²) in [6.45, 7) is 0.716. The molecule has 0 bridgehead atoms. The number of carbonyl (C=O) groups excluding carboxylic acids is 1. The molecule has 6 rings (SSSR count). The second kappa shape index (κ2) is 14.5. The van der Waals surface area contributed by atoms with Gasteiger partial charge in [0, 0.05) is 53.6 Å². The summed E-state index contributed by atoms with van der Waals surface area (Å²) < 4.78 is 0. The number of amides is 1. The van der Waals surface area contributed by atoms with Gasteiger partial charge in [0.2, 0.25) is 11.2 Å². The maximum absolute atomic E-state index is 12.8. The van der Waals surface area contributed by atoms with Crippen LogP contribution in [-0.2, 0) is 23.5 Å². The highest BCUT2D eigenvalue weighted by atomic mass is 16.4. The SMILES string of the molecule is O=C(NCc1ncc(-c2cccc([C@](O)(C(=O)O)c3ccccc3)c2)cn1)c1ccc(CNC[C@H](O)c2ccc(O)c3[nH]c(=O)ccc23)cc1. The molecule has 0 radical (unpaired) electrons. The molecule has 1 amide bonds. The summed E-state index contributed by atoms with van der Waals surface area (Å²) in [6, 6.07) is 27.7. The normalized spacial score (nSPS) is 13.0. The number of nitrogens with zero attached hydrogens (tertiary/aromatic N) is 2. The summed E-state index contributed by atoms with van der Waals surface area (Å²) in [5.74, 6) is -1.41. The monoisotopic (exact) mass is 671 g/mol. The Morgan fingerprint density at radius 2 is 1.54 bits per heavy atom. The fourth-order valence-corrected chi connectivity index (χ4v) is 5.66. The van der Waals surface area contributed by atoms with E-state index in [-0.39, 0.29) is 46.9 Å². The molecule has 0 aliphatic rings. The highest BCUT2D eigenvalue weighted by Gasteiger charge is 2.40. The Kier molecular flexibility index (Phi) is 9.77. The van der Waals surface area contributed by atoms with Crippen LogP contribution in [0.15, 0.2) is 120 Å². The zero-order chi connectivity index (χ0) is 35.3. The quantitative estimate of drug-likeness (QED) is 0.101. The average Bonchev–Trinajstić information content (AvgIpc) is 3.14. The van der Waals surface area contributed by atoms with Crippen LogP contribution < -0.4 is 16.2 Å². The van der Waals surface area contributed by atoms with Crippen molar-refractivity contribution in [3.63, 3.8) is 0 Å². The number of aromatic amines is 1. The highest BCUT2D eigenvalue weighted by molar-refractivity contribution is 5.94. The number of H-pyrrole nitrogens is 1. The predicted molar refractivity (Wildman–Crippen MR) is 185 cm³/mol. The van der Waals surface area contributed by atoms with Crippen molar-refractivity contribution in [2.75, 3.05) is 6.54 Å². The highest BCUT2D eigenvalue weighted by Crippen LogP contribution is 2.33. The Morgan fingerprint density at radius 1 is 0.820 bits per heavy atom. The van der Waals surface area contributed by atoms with Gasteiger partial charge >= 0.3 is 5.97 Å². The standard InChI is InChI=1S/C38H33N5O7/c44-31-15-13-29(30-14-16-34(46)43-35(30)31)32(45)21-39-18-23-9-11-24(12-10-23)36(47)42-22-33-40-19-26(20-41-33)25-5-4-8-28(17-25)38(50,37(48)49)27-6-2-1-3-7-27/h1-17,19-20,32,39,44-45,50H,18,21-22H2,(H,42,47)(H,43,46)(H,48,49)/t32-,38-/m0/s1. The molecule has 2 heterocycles. The number of aliphatic hydroxyl groups excluding tert-OH is 1. The minimum absolute atomic E-state index is 0.0757. The van der Waals surface area contributed by atoms with Crippen molar-refractivity contribution in [3.05, 3.63) is 160 Å². The van der Waals surface area contributed by atoms with E-state index in [0.29, 0.717) is 40.0 Å². The molecule has 4 aromatic carbocycles. The first-order valence-electron chi connectivity index (χ1n) is 15.7. The molecule has 0 fully saturated rings. The lowest BCUT2D eigenvalue weighted by molar-refractivity contribution is -0.155. The van der Waals surface area contributed by atoms with Crippen LogP contribution in [0.4, 0.5) is 0 Å². The third kappa shape index (κ3) is 7.12. The minimum Gasteiger partial charge on any atom is -0.506 e. The van der Waals surface area contributed by atoms with E-state index in [9.17, 15) is 34.8 Å². The first-order valence-corrected chi connectivity index (χ1v) is 15.7. The maximum Gasteiger partial charge on any atom is 0.345 e. The number of hydrogen-bond donors (Lipinski definition) is 7. The predicted octanol–water partition coefficient (Wildman–Crippen LogP) is 3.76. The van der Waals surface area contributed by atoms with Gasteiger partial charge in [0.25, 0.3) is 5.91 Å². The lowest BCUT2D eigenvalue weighted by Gasteiger charge is -2.25.